The molecule has 0 aromatic rings. The number of hydrogen-bond acceptors (Lipinski definition) is 3. The van der Waals surface area contributed by atoms with Gasteiger partial charge in [-0.25, -0.2) is 8.42 Å². The van der Waals surface area contributed by atoms with Gasteiger partial charge in [0.05, 0.1) is 11.5 Å². The minimum atomic E-state index is -2.82. The zero-order valence-electron chi connectivity index (χ0n) is 8.62. The Labute approximate surface area is 81.6 Å². The van der Waals surface area contributed by atoms with Crippen LogP contribution in [0.15, 0.2) is 0 Å². The van der Waals surface area contributed by atoms with E-state index in [0.29, 0.717) is 24.5 Å². The SMILES string of the molecule is CCC(C)CS(=O)(=O)CCCCN. The van der Waals surface area contributed by atoms with E-state index in [1.54, 1.807) is 0 Å². The van der Waals surface area contributed by atoms with Crippen LogP contribution in [0.3, 0.4) is 0 Å². The molecule has 0 fully saturated rings. The van der Waals surface area contributed by atoms with Crippen molar-refractivity contribution in [1.82, 2.24) is 0 Å². The molecule has 3 nitrogen and oxygen atoms in total. The van der Waals surface area contributed by atoms with Gasteiger partial charge in [0.1, 0.15) is 0 Å². The number of unbranched alkanes of at least 4 members (excludes halogenated alkanes) is 1. The molecule has 0 rings (SSSR count). The van der Waals surface area contributed by atoms with E-state index in [1.807, 2.05) is 13.8 Å². The summed E-state index contributed by atoms with van der Waals surface area (Å²) in [6, 6.07) is 0. The van der Waals surface area contributed by atoms with Crippen molar-refractivity contribution in [2.45, 2.75) is 33.1 Å². The Kier molecular flexibility index (Phi) is 6.33. The quantitative estimate of drug-likeness (QED) is 0.638. The van der Waals surface area contributed by atoms with E-state index in [2.05, 4.69) is 0 Å². The summed E-state index contributed by atoms with van der Waals surface area (Å²) < 4.78 is 22.9. The highest BCUT2D eigenvalue weighted by atomic mass is 32.2. The fourth-order valence-electron chi connectivity index (χ4n) is 1.10. The van der Waals surface area contributed by atoms with Gasteiger partial charge in [0.25, 0.3) is 0 Å². The van der Waals surface area contributed by atoms with Crippen LogP contribution in [0.5, 0.6) is 0 Å². The molecule has 0 radical (unpaired) electrons. The zero-order chi connectivity index (χ0) is 10.3. The van der Waals surface area contributed by atoms with Gasteiger partial charge in [0.15, 0.2) is 9.84 Å². The maximum absolute atomic E-state index is 11.4. The number of rotatable bonds is 7. The van der Waals surface area contributed by atoms with Crippen molar-refractivity contribution >= 4 is 9.84 Å². The molecule has 0 saturated carbocycles. The van der Waals surface area contributed by atoms with Crippen molar-refractivity contribution in [1.29, 1.82) is 0 Å². The lowest BCUT2D eigenvalue weighted by molar-refractivity contribution is 0.561. The molecular weight excluding hydrogens is 186 g/mol. The molecule has 0 aliphatic carbocycles. The Hall–Kier alpha value is -0.0900. The molecule has 2 N–H and O–H groups in total. The van der Waals surface area contributed by atoms with Crippen LogP contribution in [0.4, 0.5) is 0 Å². The van der Waals surface area contributed by atoms with Gasteiger partial charge < -0.3 is 5.73 Å². The molecule has 0 bridgehead atoms. The summed E-state index contributed by atoms with van der Waals surface area (Å²) in [5.41, 5.74) is 5.29. The molecule has 13 heavy (non-hydrogen) atoms. The summed E-state index contributed by atoms with van der Waals surface area (Å²) in [7, 11) is -2.82. The predicted molar refractivity (Wildman–Crippen MR) is 56.4 cm³/mol. The van der Waals surface area contributed by atoms with Crippen molar-refractivity contribution < 1.29 is 8.42 Å². The summed E-state index contributed by atoms with van der Waals surface area (Å²) >= 11 is 0. The highest BCUT2D eigenvalue weighted by molar-refractivity contribution is 7.91. The largest absolute Gasteiger partial charge is 0.330 e. The first-order chi connectivity index (χ1) is 6.02. The summed E-state index contributed by atoms with van der Waals surface area (Å²) in [5.74, 6) is 0.908. The molecule has 0 aromatic carbocycles. The average molecular weight is 207 g/mol. The Bertz CT molecular complexity index is 212. The summed E-state index contributed by atoms with van der Waals surface area (Å²) in [6.07, 6.45) is 2.44. The molecule has 0 aromatic heterocycles. The van der Waals surface area contributed by atoms with Crippen molar-refractivity contribution in [2.75, 3.05) is 18.1 Å². The van der Waals surface area contributed by atoms with E-state index >= 15 is 0 Å². The molecule has 0 aliphatic rings. The molecule has 0 heterocycles. The molecule has 0 amide bonds. The Balaban J connectivity index is 3.81. The van der Waals surface area contributed by atoms with E-state index in [0.717, 1.165) is 12.8 Å². The third-order valence-electron chi connectivity index (χ3n) is 2.14. The van der Waals surface area contributed by atoms with Crippen LogP contribution < -0.4 is 5.73 Å². The van der Waals surface area contributed by atoms with Gasteiger partial charge in [-0.2, -0.15) is 0 Å². The first kappa shape index (κ1) is 12.9. The number of nitrogens with two attached hydrogens (primary N) is 1. The molecular formula is C9H21NO2S. The standard InChI is InChI=1S/C9H21NO2S/c1-3-9(2)8-13(11,12)7-5-4-6-10/h9H,3-8,10H2,1-2H3. The maximum Gasteiger partial charge on any atom is 0.150 e. The lowest BCUT2D eigenvalue weighted by Gasteiger charge is -2.08. The minimum absolute atomic E-state index is 0.280. The van der Waals surface area contributed by atoms with Crippen LogP contribution in [0, 0.1) is 5.92 Å². The molecule has 80 valence electrons. The van der Waals surface area contributed by atoms with Crippen LogP contribution in [-0.4, -0.2) is 26.5 Å². The Morgan fingerprint density at radius 2 is 1.92 bits per heavy atom. The third kappa shape index (κ3) is 7.02. The topological polar surface area (TPSA) is 60.2 Å². The van der Waals surface area contributed by atoms with Crippen molar-refractivity contribution in [3.63, 3.8) is 0 Å². The lowest BCUT2D eigenvalue weighted by atomic mass is 10.2. The Morgan fingerprint density at radius 1 is 1.31 bits per heavy atom. The van der Waals surface area contributed by atoms with Crippen molar-refractivity contribution in [3.05, 3.63) is 0 Å². The molecule has 4 heteroatoms. The van der Waals surface area contributed by atoms with Gasteiger partial charge in [-0.05, 0) is 25.3 Å². The van der Waals surface area contributed by atoms with E-state index in [9.17, 15) is 8.42 Å². The van der Waals surface area contributed by atoms with Gasteiger partial charge in [-0.3, -0.25) is 0 Å². The van der Waals surface area contributed by atoms with Crippen LogP contribution in [0.2, 0.25) is 0 Å². The van der Waals surface area contributed by atoms with Crippen LogP contribution in [-0.2, 0) is 9.84 Å². The van der Waals surface area contributed by atoms with Gasteiger partial charge in [-0.15, -0.1) is 0 Å². The lowest BCUT2D eigenvalue weighted by Crippen LogP contribution is -2.17. The van der Waals surface area contributed by atoms with Crippen molar-refractivity contribution in [2.24, 2.45) is 11.7 Å². The summed E-state index contributed by atoms with van der Waals surface area (Å²) in [5, 5.41) is 0. The van der Waals surface area contributed by atoms with Crippen LogP contribution in [0.1, 0.15) is 33.1 Å². The van der Waals surface area contributed by atoms with Gasteiger partial charge in [0.2, 0.25) is 0 Å². The van der Waals surface area contributed by atoms with E-state index in [-0.39, 0.29) is 5.92 Å². The first-order valence-corrected chi connectivity index (χ1v) is 6.74. The molecule has 1 atom stereocenters. The zero-order valence-corrected chi connectivity index (χ0v) is 9.44. The second kappa shape index (κ2) is 6.38. The Morgan fingerprint density at radius 3 is 2.38 bits per heavy atom. The van der Waals surface area contributed by atoms with Gasteiger partial charge in [-0.1, -0.05) is 20.3 Å². The number of hydrogen-bond donors (Lipinski definition) is 1. The monoisotopic (exact) mass is 207 g/mol. The normalized spacial score (nSPS) is 14.4. The fourth-order valence-corrected chi connectivity index (χ4v) is 3.01. The van der Waals surface area contributed by atoms with E-state index in [1.165, 1.54) is 0 Å². The predicted octanol–water partition coefficient (Wildman–Crippen LogP) is 1.19. The van der Waals surface area contributed by atoms with Gasteiger partial charge in [0, 0.05) is 0 Å². The molecule has 0 saturated heterocycles. The summed E-state index contributed by atoms with van der Waals surface area (Å²) in [4.78, 5) is 0. The van der Waals surface area contributed by atoms with Crippen LogP contribution >= 0.6 is 0 Å². The van der Waals surface area contributed by atoms with E-state index in [4.69, 9.17) is 5.73 Å². The highest BCUT2D eigenvalue weighted by Gasteiger charge is 2.13. The average Bonchev–Trinajstić information content (AvgIpc) is 2.03. The smallest absolute Gasteiger partial charge is 0.150 e. The fraction of sp³-hybridized carbons (Fsp3) is 1.00. The molecule has 1 unspecified atom stereocenters. The first-order valence-electron chi connectivity index (χ1n) is 4.92. The minimum Gasteiger partial charge on any atom is -0.330 e. The highest BCUT2D eigenvalue weighted by Crippen LogP contribution is 2.07. The summed E-state index contributed by atoms with van der Waals surface area (Å²) in [6.45, 7) is 4.57. The molecule has 0 aliphatic heterocycles. The second-order valence-electron chi connectivity index (χ2n) is 3.62. The second-order valence-corrected chi connectivity index (χ2v) is 5.85. The maximum atomic E-state index is 11.4. The third-order valence-corrected chi connectivity index (χ3v) is 4.13. The van der Waals surface area contributed by atoms with Crippen molar-refractivity contribution in [3.8, 4) is 0 Å². The number of sulfone groups is 1. The van der Waals surface area contributed by atoms with Gasteiger partial charge >= 0.3 is 0 Å². The molecule has 0 spiro atoms. The van der Waals surface area contributed by atoms with E-state index < -0.39 is 9.84 Å². The van der Waals surface area contributed by atoms with Crippen LogP contribution in [0.25, 0.3) is 0 Å².